The highest BCUT2D eigenvalue weighted by Gasteiger charge is 2.17. The van der Waals surface area contributed by atoms with Crippen LogP contribution < -0.4 is 11.1 Å². The number of pyridine rings is 2. The van der Waals surface area contributed by atoms with Gasteiger partial charge in [-0.2, -0.15) is 0 Å². The monoisotopic (exact) mass is 608 g/mol. The van der Waals surface area contributed by atoms with E-state index in [1.807, 2.05) is 0 Å². The molecule has 10 heteroatoms. The van der Waals surface area contributed by atoms with Gasteiger partial charge in [-0.15, -0.1) is 0 Å². The van der Waals surface area contributed by atoms with Gasteiger partial charge in [-0.25, -0.2) is 14.8 Å². The molecule has 0 saturated carbocycles. The van der Waals surface area contributed by atoms with Gasteiger partial charge in [0.25, 0.3) is 0 Å². The van der Waals surface area contributed by atoms with Crippen LogP contribution in [0, 0.1) is 7.14 Å². The van der Waals surface area contributed by atoms with Gasteiger partial charge >= 0.3 is 6.09 Å². The van der Waals surface area contributed by atoms with Crippen LogP contribution in [-0.4, -0.2) is 21.7 Å². The second kappa shape index (κ2) is 9.93. The van der Waals surface area contributed by atoms with E-state index in [-0.39, 0.29) is 0 Å². The highest BCUT2D eigenvalue weighted by Crippen LogP contribution is 2.20. The van der Waals surface area contributed by atoms with E-state index < -0.39 is 11.7 Å². The van der Waals surface area contributed by atoms with Gasteiger partial charge in [0, 0.05) is 7.14 Å². The third-order valence-electron chi connectivity index (χ3n) is 2.30. The fourth-order valence-electron chi connectivity index (χ4n) is 1.33. The number of hydrogen-bond acceptors (Lipinski definition) is 5. The van der Waals surface area contributed by atoms with Gasteiger partial charge in [0.05, 0.1) is 23.8 Å². The number of rotatable bonds is 1. The molecule has 1 amide bonds. The van der Waals surface area contributed by atoms with Crippen LogP contribution in [0.5, 0.6) is 0 Å². The van der Waals surface area contributed by atoms with Crippen LogP contribution in [0.4, 0.5) is 16.2 Å². The van der Waals surface area contributed by atoms with Crippen molar-refractivity contribution >= 4 is 85.9 Å². The maximum absolute atomic E-state index is 11.5. The van der Waals surface area contributed by atoms with Gasteiger partial charge in [0.15, 0.2) is 0 Å². The smallest absolute Gasteiger partial charge is 0.412 e. The highest BCUT2D eigenvalue weighted by atomic mass is 127. The van der Waals surface area contributed by atoms with Crippen LogP contribution in [0.1, 0.15) is 20.8 Å². The first-order chi connectivity index (χ1) is 11.5. The Morgan fingerprint density at radius 3 is 2.08 bits per heavy atom. The summed E-state index contributed by atoms with van der Waals surface area (Å²) in [5, 5.41) is 3.47. The Balaban J connectivity index is 0.000000293. The molecular formula is C15H16Cl2I2N4O2. The molecule has 0 bridgehead atoms. The summed E-state index contributed by atoms with van der Waals surface area (Å²) < 4.78 is 6.86. The third kappa shape index (κ3) is 9.06. The lowest BCUT2D eigenvalue weighted by atomic mass is 10.2. The van der Waals surface area contributed by atoms with Gasteiger partial charge in [0.1, 0.15) is 15.9 Å². The van der Waals surface area contributed by atoms with Crippen molar-refractivity contribution in [3.63, 3.8) is 0 Å². The van der Waals surface area contributed by atoms with Gasteiger partial charge in [0.2, 0.25) is 0 Å². The minimum atomic E-state index is -0.518. The Kier molecular flexibility index (Phi) is 8.92. The van der Waals surface area contributed by atoms with E-state index in [9.17, 15) is 4.79 Å². The molecule has 0 saturated heterocycles. The zero-order valence-electron chi connectivity index (χ0n) is 13.6. The van der Waals surface area contributed by atoms with Crippen molar-refractivity contribution in [1.82, 2.24) is 9.97 Å². The van der Waals surface area contributed by atoms with Crippen LogP contribution in [0.3, 0.4) is 0 Å². The topological polar surface area (TPSA) is 90.1 Å². The summed E-state index contributed by atoms with van der Waals surface area (Å²) in [6.07, 6.45) is 2.53. The molecule has 2 rings (SSSR count). The molecule has 0 aliphatic rings. The lowest BCUT2D eigenvalue weighted by Gasteiger charge is -2.19. The summed E-state index contributed by atoms with van der Waals surface area (Å²) in [6, 6.07) is 3.38. The lowest BCUT2D eigenvalue weighted by molar-refractivity contribution is 0.0636. The Morgan fingerprint density at radius 2 is 1.64 bits per heavy atom. The first-order valence-electron chi connectivity index (χ1n) is 6.85. The molecule has 3 N–H and O–H groups in total. The maximum Gasteiger partial charge on any atom is 0.412 e. The molecule has 2 aromatic rings. The fourth-order valence-corrected chi connectivity index (χ4v) is 3.02. The summed E-state index contributed by atoms with van der Waals surface area (Å²) in [4.78, 5) is 19.1. The van der Waals surface area contributed by atoms with Crippen LogP contribution >= 0.6 is 68.4 Å². The number of nitrogen functional groups attached to an aromatic ring is 1. The SMILES string of the molecule is CC(C)(C)OC(=O)Nc1cnc(Cl)cc1I.Nc1cnc(Cl)cc1I. The molecule has 0 spiro atoms. The Bertz CT molecular complexity index is 755. The average Bonchev–Trinajstić information content (AvgIpc) is 2.45. The predicted molar refractivity (Wildman–Crippen MR) is 118 cm³/mol. The summed E-state index contributed by atoms with van der Waals surface area (Å²) in [5.41, 5.74) is 6.19. The molecule has 6 nitrogen and oxygen atoms in total. The van der Waals surface area contributed by atoms with E-state index in [0.29, 0.717) is 21.7 Å². The molecule has 0 atom stereocenters. The summed E-state index contributed by atoms with van der Waals surface area (Å²) in [5.74, 6) is 0. The molecule has 0 radical (unpaired) electrons. The van der Waals surface area contributed by atoms with E-state index in [1.54, 1.807) is 39.1 Å². The lowest BCUT2D eigenvalue weighted by Crippen LogP contribution is -2.27. The first kappa shape index (κ1) is 22.5. The normalized spacial score (nSPS) is 10.5. The Morgan fingerprint density at radius 1 is 1.12 bits per heavy atom. The van der Waals surface area contributed by atoms with Crippen molar-refractivity contribution in [3.8, 4) is 0 Å². The molecule has 25 heavy (non-hydrogen) atoms. The molecular weight excluding hydrogens is 593 g/mol. The highest BCUT2D eigenvalue weighted by molar-refractivity contribution is 14.1. The van der Waals surface area contributed by atoms with Gasteiger partial charge in [-0.05, 0) is 78.1 Å². The second-order valence-electron chi connectivity index (χ2n) is 5.64. The zero-order chi connectivity index (χ0) is 19.2. The molecule has 0 aliphatic carbocycles. The minimum absolute atomic E-state index is 0.388. The zero-order valence-corrected chi connectivity index (χ0v) is 19.4. The van der Waals surface area contributed by atoms with E-state index in [2.05, 4.69) is 60.5 Å². The van der Waals surface area contributed by atoms with E-state index in [1.165, 1.54) is 6.20 Å². The molecule has 136 valence electrons. The number of carbonyl (C=O) groups is 1. The number of anilines is 2. The van der Waals surface area contributed by atoms with Crippen molar-refractivity contribution in [2.45, 2.75) is 26.4 Å². The number of nitrogens with two attached hydrogens (primary N) is 1. The van der Waals surface area contributed by atoms with Crippen molar-refractivity contribution in [1.29, 1.82) is 0 Å². The molecule has 0 unspecified atom stereocenters. The van der Waals surface area contributed by atoms with Crippen molar-refractivity contribution in [2.75, 3.05) is 11.1 Å². The van der Waals surface area contributed by atoms with E-state index in [4.69, 9.17) is 33.7 Å². The molecule has 0 fully saturated rings. The molecule has 2 aromatic heterocycles. The Hall–Kier alpha value is -0.590. The van der Waals surface area contributed by atoms with E-state index in [0.717, 1.165) is 7.14 Å². The number of aromatic nitrogens is 2. The molecule has 0 aromatic carbocycles. The summed E-state index contributed by atoms with van der Waals surface area (Å²) >= 11 is 15.4. The van der Waals surface area contributed by atoms with Crippen LogP contribution in [0.15, 0.2) is 24.5 Å². The number of hydrogen-bond donors (Lipinski definition) is 2. The number of ether oxygens (including phenoxy) is 1. The van der Waals surface area contributed by atoms with Gasteiger partial charge < -0.3 is 10.5 Å². The second-order valence-corrected chi connectivity index (χ2v) is 8.74. The number of nitrogens with zero attached hydrogens (tertiary/aromatic N) is 2. The third-order valence-corrected chi connectivity index (χ3v) is 4.54. The van der Waals surface area contributed by atoms with Gasteiger partial charge in [-0.3, -0.25) is 5.32 Å². The number of halogens is 4. The van der Waals surface area contributed by atoms with Crippen molar-refractivity contribution in [2.24, 2.45) is 0 Å². The van der Waals surface area contributed by atoms with Crippen LogP contribution in [0.25, 0.3) is 0 Å². The van der Waals surface area contributed by atoms with Gasteiger partial charge in [-0.1, -0.05) is 23.2 Å². The number of amides is 1. The van der Waals surface area contributed by atoms with E-state index >= 15 is 0 Å². The quantitative estimate of drug-likeness (QED) is 0.325. The van der Waals surface area contributed by atoms with Crippen LogP contribution in [-0.2, 0) is 4.74 Å². The summed E-state index contributed by atoms with van der Waals surface area (Å²) in [7, 11) is 0. The summed E-state index contributed by atoms with van der Waals surface area (Å²) in [6.45, 7) is 5.41. The van der Waals surface area contributed by atoms with Crippen molar-refractivity contribution < 1.29 is 9.53 Å². The minimum Gasteiger partial charge on any atom is -0.444 e. The Labute approximate surface area is 183 Å². The predicted octanol–water partition coefficient (Wildman–Crippen LogP) is 5.61. The maximum atomic E-state index is 11.5. The standard InChI is InChI=1S/C10H12ClIN2O2.C5H4ClIN2/c1-10(2,3)16-9(15)14-7-5-13-8(11)4-6(7)12;6-5-1-3(7)4(8)2-9-5/h4-5H,1-3H3,(H,14,15);1-2H,8H2. The van der Waals surface area contributed by atoms with Crippen molar-refractivity contribution in [3.05, 3.63) is 42.0 Å². The van der Waals surface area contributed by atoms with Crippen LogP contribution in [0.2, 0.25) is 10.3 Å². The first-order valence-corrected chi connectivity index (χ1v) is 9.77. The number of carbonyl (C=O) groups excluding carboxylic acids is 1. The number of nitrogens with one attached hydrogen (secondary N) is 1. The fraction of sp³-hybridized carbons (Fsp3) is 0.267. The average molecular weight is 609 g/mol. The molecule has 2 heterocycles. The largest absolute Gasteiger partial charge is 0.444 e. The molecule has 0 aliphatic heterocycles.